The summed E-state index contributed by atoms with van der Waals surface area (Å²) in [5.74, 6) is 1.77. The van der Waals surface area contributed by atoms with E-state index in [0.29, 0.717) is 6.61 Å². The third kappa shape index (κ3) is 6.77. The average Bonchev–Trinajstić information content (AvgIpc) is 3.26. The minimum Gasteiger partial charge on any atom is -0.492 e. The van der Waals surface area contributed by atoms with Gasteiger partial charge in [0.05, 0.1) is 13.1 Å². The molecule has 0 spiro atoms. The van der Waals surface area contributed by atoms with Crippen molar-refractivity contribution in [1.82, 2.24) is 15.5 Å². The van der Waals surface area contributed by atoms with E-state index in [4.69, 9.17) is 14.5 Å². The summed E-state index contributed by atoms with van der Waals surface area (Å²) in [5, 5.41) is 6.76. The Labute approximate surface area is 186 Å². The number of aliphatic imine (C=N–C) groups is 1. The van der Waals surface area contributed by atoms with Crippen molar-refractivity contribution in [3.05, 3.63) is 30.3 Å². The molecule has 158 valence electrons. The van der Waals surface area contributed by atoms with Crippen molar-refractivity contribution in [2.75, 3.05) is 52.5 Å². The van der Waals surface area contributed by atoms with E-state index in [-0.39, 0.29) is 29.5 Å². The first-order valence-electron chi connectivity index (χ1n) is 10.4. The van der Waals surface area contributed by atoms with Crippen LogP contribution in [0.4, 0.5) is 0 Å². The number of hydrogen-bond donors (Lipinski definition) is 2. The van der Waals surface area contributed by atoms with Crippen LogP contribution < -0.4 is 15.4 Å². The van der Waals surface area contributed by atoms with E-state index in [0.717, 1.165) is 57.4 Å². The smallest absolute Gasteiger partial charge is 0.191 e. The van der Waals surface area contributed by atoms with Crippen LogP contribution in [0.3, 0.4) is 0 Å². The van der Waals surface area contributed by atoms with Gasteiger partial charge in [0.15, 0.2) is 5.96 Å². The van der Waals surface area contributed by atoms with Gasteiger partial charge in [-0.05, 0) is 57.8 Å². The molecule has 0 amide bonds. The fourth-order valence-electron chi connectivity index (χ4n) is 3.94. The summed E-state index contributed by atoms with van der Waals surface area (Å²) in [5.41, 5.74) is 0.164. The van der Waals surface area contributed by atoms with E-state index in [1.165, 1.54) is 25.9 Å². The van der Waals surface area contributed by atoms with Crippen molar-refractivity contribution in [2.24, 2.45) is 4.99 Å². The van der Waals surface area contributed by atoms with Crippen LogP contribution in [-0.2, 0) is 4.74 Å². The molecule has 0 bridgehead atoms. The monoisotopic (exact) mass is 502 g/mol. The zero-order chi connectivity index (χ0) is 18.8. The Balaban J connectivity index is 0.00000280. The summed E-state index contributed by atoms with van der Waals surface area (Å²) in [6.45, 7) is 9.20. The van der Waals surface area contributed by atoms with Crippen LogP contribution in [-0.4, -0.2) is 68.9 Å². The maximum Gasteiger partial charge on any atom is 0.191 e. The highest BCUT2D eigenvalue weighted by Gasteiger charge is 2.39. The summed E-state index contributed by atoms with van der Waals surface area (Å²) >= 11 is 0. The number of hydrogen-bond acceptors (Lipinski definition) is 4. The molecule has 0 aromatic heterocycles. The van der Waals surface area contributed by atoms with Gasteiger partial charge in [0.2, 0.25) is 0 Å². The van der Waals surface area contributed by atoms with Gasteiger partial charge in [0.25, 0.3) is 0 Å². The van der Waals surface area contributed by atoms with Crippen LogP contribution in [0, 0.1) is 0 Å². The van der Waals surface area contributed by atoms with Crippen molar-refractivity contribution in [1.29, 1.82) is 0 Å². The zero-order valence-corrected chi connectivity index (χ0v) is 19.3. The van der Waals surface area contributed by atoms with Gasteiger partial charge in [-0.15, -0.1) is 24.0 Å². The Kier molecular flexibility index (Phi) is 10.4. The van der Waals surface area contributed by atoms with Crippen LogP contribution in [0.25, 0.3) is 0 Å². The standard InChI is InChI=1S/C21H34N4O2.HI/c1-2-22-20(23-12-17-27-19-8-4-3-5-9-19)24-18-21(10-15-26-16-11-21)25-13-6-7-14-25;/h3-5,8-9H,2,6-7,10-18H2,1H3,(H2,22,23,24);1H. The number of benzene rings is 1. The van der Waals surface area contributed by atoms with Crippen LogP contribution >= 0.6 is 24.0 Å². The molecule has 2 N–H and O–H groups in total. The Morgan fingerprint density at radius 3 is 2.54 bits per heavy atom. The second kappa shape index (κ2) is 12.5. The van der Waals surface area contributed by atoms with Crippen LogP contribution in [0.15, 0.2) is 35.3 Å². The number of para-hydroxylation sites is 1. The number of guanidine groups is 1. The molecule has 2 aliphatic rings. The molecule has 1 aromatic rings. The molecule has 2 heterocycles. The van der Waals surface area contributed by atoms with Crippen LogP contribution in [0.5, 0.6) is 5.75 Å². The lowest BCUT2D eigenvalue weighted by Crippen LogP contribution is -2.54. The van der Waals surface area contributed by atoms with E-state index >= 15 is 0 Å². The normalized spacial score (nSPS) is 19.7. The van der Waals surface area contributed by atoms with E-state index in [2.05, 4.69) is 22.5 Å². The lowest BCUT2D eigenvalue weighted by atomic mass is 9.88. The lowest BCUT2D eigenvalue weighted by molar-refractivity contribution is -0.0139. The summed E-state index contributed by atoms with van der Waals surface area (Å²) in [4.78, 5) is 7.59. The Hall–Kier alpha value is -1.06. The van der Waals surface area contributed by atoms with E-state index in [1.54, 1.807) is 0 Å². The number of nitrogens with zero attached hydrogens (tertiary/aromatic N) is 2. The molecule has 0 unspecified atom stereocenters. The Bertz CT molecular complexity index is 573. The summed E-state index contributed by atoms with van der Waals surface area (Å²) < 4.78 is 11.4. The highest BCUT2D eigenvalue weighted by atomic mass is 127. The lowest BCUT2D eigenvalue weighted by Gasteiger charge is -2.43. The molecule has 28 heavy (non-hydrogen) atoms. The first-order chi connectivity index (χ1) is 13.3. The molecule has 6 nitrogen and oxygen atoms in total. The SMILES string of the molecule is CCNC(=NCC1(N2CCCC2)CCOCC1)NCCOc1ccccc1.I. The van der Waals surface area contributed by atoms with Gasteiger partial charge in [-0.2, -0.15) is 0 Å². The number of rotatable bonds is 8. The largest absolute Gasteiger partial charge is 0.492 e. The van der Waals surface area contributed by atoms with E-state index in [9.17, 15) is 0 Å². The molecule has 0 aliphatic carbocycles. The summed E-state index contributed by atoms with van der Waals surface area (Å²) in [6, 6.07) is 9.92. The van der Waals surface area contributed by atoms with Crippen molar-refractivity contribution in [3.63, 3.8) is 0 Å². The first-order valence-corrected chi connectivity index (χ1v) is 10.4. The molecular weight excluding hydrogens is 467 g/mol. The van der Waals surface area contributed by atoms with Gasteiger partial charge in [0.1, 0.15) is 12.4 Å². The molecule has 2 fully saturated rings. The molecule has 2 saturated heterocycles. The quantitative estimate of drug-likeness (QED) is 0.248. The fraction of sp³-hybridized carbons (Fsp3) is 0.667. The molecule has 7 heteroatoms. The zero-order valence-electron chi connectivity index (χ0n) is 17.0. The van der Waals surface area contributed by atoms with Crippen LogP contribution in [0.2, 0.25) is 0 Å². The van der Waals surface area contributed by atoms with Crippen molar-refractivity contribution in [3.8, 4) is 5.75 Å². The van der Waals surface area contributed by atoms with Gasteiger partial charge in [-0.1, -0.05) is 18.2 Å². The first kappa shape index (κ1) is 23.2. The second-order valence-electron chi connectivity index (χ2n) is 7.31. The predicted octanol–water partition coefficient (Wildman–Crippen LogP) is 2.88. The summed E-state index contributed by atoms with van der Waals surface area (Å²) in [6.07, 6.45) is 4.77. The fourth-order valence-corrected chi connectivity index (χ4v) is 3.94. The third-order valence-electron chi connectivity index (χ3n) is 5.48. The molecule has 1 aromatic carbocycles. The number of nitrogens with one attached hydrogen (secondary N) is 2. The summed E-state index contributed by atoms with van der Waals surface area (Å²) in [7, 11) is 0. The number of likely N-dealkylation sites (tertiary alicyclic amines) is 1. The second-order valence-corrected chi connectivity index (χ2v) is 7.31. The molecular formula is C21H35IN4O2. The molecule has 0 radical (unpaired) electrons. The molecule has 3 rings (SSSR count). The Morgan fingerprint density at radius 1 is 1.14 bits per heavy atom. The van der Waals surface area contributed by atoms with Gasteiger partial charge in [-0.3, -0.25) is 9.89 Å². The van der Waals surface area contributed by atoms with E-state index < -0.39 is 0 Å². The van der Waals surface area contributed by atoms with Gasteiger partial charge < -0.3 is 20.1 Å². The minimum absolute atomic E-state index is 0. The van der Waals surface area contributed by atoms with E-state index in [1.807, 2.05) is 30.3 Å². The van der Waals surface area contributed by atoms with Crippen molar-refractivity contribution in [2.45, 2.75) is 38.1 Å². The maximum absolute atomic E-state index is 5.76. The number of ether oxygens (including phenoxy) is 2. The van der Waals surface area contributed by atoms with Gasteiger partial charge >= 0.3 is 0 Å². The third-order valence-corrected chi connectivity index (χ3v) is 5.48. The minimum atomic E-state index is 0. The van der Waals surface area contributed by atoms with Crippen LogP contribution in [0.1, 0.15) is 32.6 Å². The average molecular weight is 502 g/mol. The van der Waals surface area contributed by atoms with Gasteiger partial charge in [0, 0.05) is 25.3 Å². The highest BCUT2D eigenvalue weighted by Crippen LogP contribution is 2.31. The highest BCUT2D eigenvalue weighted by molar-refractivity contribution is 14.0. The molecule has 0 saturated carbocycles. The number of halogens is 1. The molecule has 0 atom stereocenters. The predicted molar refractivity (Wildman–Crippen MR) is 125 cm³/mol. The van der Waals surface area contributed by atoms with Crippen molar-refractivity contribution >= 4 is 29.9 Å². The topological polar surface area (TPSA) is 58.1 Å². The Morgan fingerprint density at radius 2 is 1.86 bits per heavy atom. The maximum atomic E-state index is 5.76. The molecule has 2 aliphatic heterocycles. The van der Waals surface area contributed by atoms with Crippen molar-refractivity contribution < 1.29 is 9.47 Å². The van der Waals surface area contributed by atoms with Gasteiger partial charge in [-0.25, -0.2) is 0 Å².